The second-order valence-electron chi connectivity index (χ2n) is 10.8. The molecule has 0 aromatic carbocycles. The molecule has 0 N–H and O–H groups in total. The molecule has 186 valence electrons. The lowest BCUT2D eigenvalue weighted by molar-refractivity contribution is -0.0411. The third kappa shape index (κ3) is 15.4. The van der Waals surface area contributed by atoms with E-state index in [0.717, 1.165) is 11.8 Å². The van der Waals surface area contributed by atoms with Gasteiger partial charge in [-0.3, -0.25) is 0 Å². The van der Waals surface area contributed by atoms with Crippen molar-refractivity contribution < 1.29 is 4.74 Å². The first-order valence-corrected chi connectivity index (χ1v) is 14.5. The molecule has 1 saturated heterocycles. The van der Waals surface area contributed by atoms with Gasteiger partial charge in [0, 0.05) is 19.6 Å². The van der Waals surface area contributed by atoms with Gasteiger partial charge in [-0.25, -0.2) is 0 Å². The maximum absolute atomic E-state index is 6.52. The Morgan fingerprint density at radius 3 is 1.84 bits per heavy atom. The number of hydrogen-bond acceptors (Lipinski definition) is 2. The van der Waals surface area contributed by atoms with Gasteiger partial charge >= 0.3 is 0 Å². The molecule has 0 amide bonds. The Balaban J connectivity index is 2.22. The Kier molecular flexibility index (Phi) is 18.1. The van der Waals surface area contributed by atoms with Gasteiger partial charge in [-0.2, -0.15) is 0 Å². The minimum absolute atomic E-state index is 0.439. The van der Waals surface area contributed by atoms with Gasteiger partial charge < -0.3 is 9.64 Å². The summed E-state index contributed by atoms with van der Waals surface area (Å²) < 4.78 is 6.52. The van der Waals surface area contributed by atoms with E-state index in [4.69, 9.17) is 4.74 Å². The van der Waals surface area contributed by atoms with Crippen LogP contribution in [0.5, 0.6) is 0 Å². The monoisotopic (exact) mass is 437 g/mol. The molecule has 1 rings (SSSR count). The third-order valence-corrected chi connectivity index (χ3v) is 7.49. The topological polar surface area (TPSA) is 12.5 Å². The standard InChI is InChI=1S/C29H59NO/c1-6-9-12-15-18-28(17-14-11-8-3)20-19-27(5)31-29-21-23-30(24-22-29)25-26(4)16-13-10-7-2/h26-29H,6-25H2,1-5H3/t26?,27-,28?/m0/s1. The van der Waals surface area contributed by atoms with Crippen LogP contribution in [0.25, 0.3) is 0 Å². The zero-order valence-corrected chi connectivity index (χ0v) is 22.3. The smallest absolute Gasteiger partial charge is 0.0603 e. The average molecular weight is 438 g/mol. The molecule has 0 aliphatic carbocycles. The van der Waals surface area contributed by atoms with Gasteiger partial charge in [-0.1, -0.05) is 105 Å². The molecule has 2 nitrogen and oxygen atoms in total. The van der Waals surface area contributed by atoms with Gasteiger partial charge in [0.2, 0.25) is 0 Å². The molecule has 2 heteroatoms. The van der Waals surface area contributed by atoms with Crippen LogP contribution in [0.15, 0.2) is 0 Å². The first-order valence-electron chi connectivity index (χ1n) is 14.5. The van der Waals surface area contributed by atoms with Crippen LogP contribution in [-0.4, -0.2) is 36.7 Å². The lowest BCUT2D eigenvalue weighted by Crippen LogP contribution is -2.40. The van der Waals surface area contributed by atoms with Crippen LogP contribution >= 0.6 is 0 Å². The van der Waals surface area contributed by atoms with E-state index in [1.807, 2.05) is 0 Å². The minimum atomic E-state index is 0.439. The van der Waals surface area contributed by atoms with Gasteiger partial charge in [0.05, 0.1) is 12.2 Å². The molecule has 0 aromatic heterocycles. The fourth-order valence-corrected chi connectivity index (χ4v) is 5.35. The molecular formula is C29H59NO. The molecule has 31 heavy (non-hydrogen) atoms. The van der Waals surface area contributed by atoms with Crippen molar-refractivity contribution in [3.05, 3.63) is 0 Å². The molecule has 3 atom stereocenters. The van der Waals surface area contributed by atoms with E-state index in [9.17, 15) is 0 Å². The largest absolute Gasteiger partial charge is 0.375 e. The van der Waals surface area contributed by atoms with Crippen molar-refractivity contribution in [2.45, 2.75) is 156 Å². The minimum Gasteiger partial charge on any atom is -0.375 e. The van der Waals surface area contributed by atoms with Crippen molar-refractivity contribution in [3.8, 4) is 0 Å². The molecule has 0 spiro atoms. The fraction of sp³-hybridized carbons (Fsp3) is 1.00. The lowest BCUT2D eigenvalue weighted by Gasteiger charge is -2.35. The lowest BCUT2D eigenvalue weighted by atomic mass is 9.90. The summed E-state index contributed by atoms with van der Waals surface area (Å²) in [7, 11) is 0. The molecule has 0 saturated carbocycles. The van der Waals surface area contributed by atoms with Crippen molar-refractivity contribution >= 4 is 0 Å². The number of ether oxygens (including phenoxy) is 1. The molecule has 0 bridgehead atoms. The van der Waals surface area contributed by atoms with E-state index in [1.165, 1.54) is 129 Å². The van der Waals surface area contributed by atoms with Crippen molar-refractivity contribution in [2.75, 3.05) is 19.6 Å². The van der Waals surface area contributed by atoms with Crippen LogP contribution in [0.4, 0.5) is 0 Å². The van der Waals surface area contributed by atoms with E-state index in [-0.39, 0.29) is 0 Å². The summed E-state index contributed by atoms with van der Waals surface area (Å²) in [6, 6.07) is 0. The highest BCUT2D eigenvalue weighted by molar-refractivity contribution is 4.75. The molecule has 1 fully saturated rings. The summed E-state index contributed by atoms with van der Waals surface area (Å²) in [6.07, 6.45) is 24.3. The van der Waals surface area contributed by atoms with E-state index in [1.54, 1.807) is 0 Å². The molecule has 1 heterocycles. The Morgan fingerprint density at radius 1 is 0.677 bits per heavy atom. The van der Waals surface area contributed by atoms with Crippen molar-refractivity contribution in [3.63, 3.8) is 0 Å². The van der Waals surface area contributed by atoms with Crippen LogP contribution in [0.3, 0.4) is 0 Å². The highest BCUT2D eigenvalue weighted by atomic mass is 16.5. The summed E-state index contributed by atoms with van der Waals surface area (Å²) in [5.41, 5.74) is 0. The summed E-state index contributed by atoms with van der Waals surface area (Å²) in [4.78, 5) is 2.70. The zero-order chi connectivity index (χ0) is 22.7. The zero-order valence-electron chi connectivity index (χ0n) is 22.3. The predicted octanol–water partition coefficient (Wildman–Crippen LogP) is 9.02. The quantitative estimate of drug-likeness (QED) is 0.176. The molecule has 1 aliphatic rings. The Hall–Kier alpha value is -0.0800. The molecule has 0 radical (unpaired) electrons. The van der Waals surface area contributed by atoms with E-state index in [2.05, 4.69) is 39.5 Å². The number of unbranched alkanes of at least 4 members (excludes halogenated alkanes) is 7. The second-order valence-corrected chi connectivity index (χ2v) is 10.8. The number of nitrogens with zero attached hydrogens (tertiary/aromatic N) is 1. The number of likely N-dealkylation sites (tertiary alicyclic amines) is 1. The van der Waals surface area contributed by atoms with Crippen LogP contribution in [0.1, 0.15) is 144 Å². The SMILES string of the molecule is CCCCCCC(CCCCC)CC[C@H](C)OC1CCN(CC(C)CCCCC)CC1. The molecule has 1 aliphatic heterocycles. The number of piperidine rings is 1. The maximum Gasteiger partial charge on any atom is 0.0603 e. The highest BCUT2D eigenvalue weighted by Gasteiger charge is 2.22. The van der Waals surface area contributed by atoms with E-state index in [0.29, 0.717) is 12.2 Å². The fourth-order valence-electron chi connectivity index (χ4n) is 5.35. The van der Waals surface area contributed by atoms with E-state index >= 15 is 0 Å². The van der Waals surface area contributed by atoms with Gasteiger partial charge in [-0.15, -0.1) is 0 Å². The van der Waals surface area contributed by atoms with Gasteiger partial charge in [0.25, 0.3) is 0 Å². The third-order valence-electron chi connectivity index (χ3n) is 7.49. The normalized spacial score (nSPS) is 18.9. The summed E-state index contributed by atoms with van der Waals surface area (Å²) in [5.74, 6) is 1.79. The first kappa shape index (κ1) is 29.0. The van der Waals surface area contributed by atoms with Crippen LogP contribution < -0.4 is 0 Å². The van der Waals surface area contributed by atoms with Crippen molar-refractivity contribution in [1.29, 1.82) is 0 Å². The number of hydrogen-bond donors (Lipinski definition) is 0. The molecule has 0 aromatic rings. The summed E-state index contributed by atoms with van der Waals surface area (Å²) >= 11 is 0. The van der Waals surface area contributed by atoms with Crippen LogP contribution in [0.2, 0.25) is 0 Å². The second kappa shape index (κ2) is 19.4. The van der Waals surface area contributed by atoms with Crippen LogP contribution in [-0.2, 0) is 4.74 Å². The first-order chi connectivity index (χ1) is 15.1. The van der Waals surface area contributed by atoms with Crippen molar-refractivity contribution in [1.82, 2.24) is 4.90 Å². The highest BCUT2D eigenvalue weighted by Crippen LogP contribution is 2.25. The Bertz CT molecular complexity index is 377. The van der Waals surface area contributed by atoms with Gasteiger partial charge in [-0.05, 0) is 50.9 Å². The number of rotatable bonds is 20. The summed E-state index contributed by atoms with van der Waals surface area (Å²) in [6.45, 7) is 15.5. The van der Waals surface area contributed by atoms with Gasteiger partial charge in [0.1, 0.15) is 0 Å². The molecule has 2 unspecified atom stereocenters. The maximum atomic E-state index is 6.52. The summed E-state index contributed by atoms with van der Waals surface area (Å²) in [5, 5.41) is 0. The molecular weight excluding hydrogens is 378 g/mol. The van der Waals surface area contributed by atoms with Crippen LogP contribution in [0, 0.1) is 11.8 Å². The Morgan fingerprint density at radius 2 is 1.23 bits per heavy atom. The average Bonchev–Trinajstić information content (AvgIpc) is 2.76. The van der Waals surface area contributed by atoms with E-state index < -0.39 is 0 Å². The Labute approximate surface area is 197 Å². The van der Waals surface area contributed by atoms with Crippen molar-refractivity contribution in [2.24, 2.45) is 11.8 Å². The van der Waals surface area contributed by atoms with Gasteiger partial charge in [0.15, 0.2) is 0 Å². The predicted molar refractivity (Wildman–Crippen MR) is 139 cm³/mol.